The molecule has 1 unspecified atom stereocenters. The Balaban J connectivity index is 1.26. The minimum absolute atomic E-state index is 0.168. The summed E-state index contributed by atoms with van der Waals surface area (Å²) in [5.74, 6) is -1.04. The average molecular weight is 583 g/mol. The lowest BCUT2D eigenvalue weighted by Gasteiger charge is -2.22. The Labute approximate surface area is 241 Å². The highest BCUT2D eigenvalue weighted by Crippen LogP contribution is 2.37. The molecule has 2 amide bonds. The molecule has 41 heavy (non-hydrogen) atoms. The summed E-state index contributed by atoms with van der Waals surface area (Å²) in [7, 11) is 0. The number of hydrogen-bond acceptors (Lipinski definition) is 8. The van der Waals surface area contributed by atoms with Gasteiger partial charge in [-0.25, -0.2) is 9.48 Å². The number of hydrogen-bond donors (Lipinski definition) is 3. The molecule has 2 aliphatic rings. The minimum atomic E-state index is -1.28. The van der Waals surface area contributed by atoms with Crippen LogP contribution in [-0.4, -0.2) is 63.9 Å². The summed E-state index contributed by atoms with van der Waals surface area (Å²) in [4.78, 5) is 39.4. The van der Waals surface area contributed by atoms with Crippen molar-refractivity contribution >= 4 is 46.4 Å². The molecular weight excluding hydrogens is 552 g/mol. The molecule has 216 valence electrons. The predicted molar refractivity (Wildman–Crippen MR) is 152 cm³/mol. The van der Waals surface area contributed by atoms with Crippen LogP contribution in [0.1, 0.15) is 54.6 Å². The van der Waals surface area contributed by atoms with Crippen molar-refractivity contribution in [3.8, 4) is 5.69 Å². The maximum absolute atomic E-state index is 13.1. The Morgan fingerprint density at radius 2 is 1.88 bits per heavy atom. The molecule has 2 saturated heterocycles. The second kappa shape index (κ2) is 13.1. The average Bonchev–Trinajstić information content (AvgIpc) is 3.66. The van der Waals surface area contributed by atoms with Crippen molar-refractivity contribution in [3.05, 3.63) is 58.9 Å². The SMILES string of the molecule is O=C(O)Nc1cc(N2CCCC2)c(Cl)cc1NC(=O)CC(=O)c1cccc(-n2nncc2COC2CCCCO2)c1. The van der Waals surface area contributed by atoms with Crippen LogP contribution in [0.4, 0.5) is 21.9 Å². The number of halogens is 1. The normalized spacial score (nSPS) is 16.9. The maximum atomic E-state index is 13.1. The van der Waals surface area contributed by atoms with Crippen LogP contribution in [0.2, 0.25) is 5.02 Å². The summed E-state index contributed by atoms with van der Waals surface area (Å²) in [5, 5.41) is 22.7. The number of rotatable bonds is 10. The van der Waals surface area contributed by atoms with E-state index in [9.17, 15) is 19.5 Å². The summed E-state index contributed by atoms with van der Waals surface area (Å²) in [6.45, 7) is 2.53. The largest absolute Gasteiger partial charge is 0.465 e. The lowest BCUT2D eigenvalue weighted by molar-refractivity contribution is -0.169. The van der Waals surface area contributed by atoms with Gasteiger partial charge < -0.3 is 24.8 Å². The first-order valence-electron chi connectivity index (χ1n) is 13.5. The van der Waals surface area contributed by atoms with Crippen LogP contribution in [0.5, 0.6) is 0 Å². The molecule has 0 saturated carbocycles. The molecule has 0 radical (unpaired) electrons. The summed E-state index contributed by atoms with van der Waals surface area (Å²) in [5.41, 5.74) is 2.61. The van der Waals surface area contributed by atoms with Crippen molar-refractivity contribution in [1.82, 2.24) is 15.0 Å². The van der Waals surface area contributed by atoms with Gasteiger partial charge in [-0.2, -0.15) is 0 Å². The Morgan fingerprint density at radius 3 is 2.63 bits per heavy atom. The molecule has 1 atom stereocenters. The van der Waals surface area contributed by atoms with Crippen LogP contribution in [0, 0.1) is 0 Å². The van der Waals surface area contributed by atoms with Crippen molar-refractivity contribution < 1.29 is 29.0 Å². The molecule has 0 bridgehead atoms. The smallest absolute Gasteiger partial charge is 0.409 e. The zero-order valence-electron chi connectivity index (χ0n) is 22.3. The Bertz CT molecular complexity index is 1420. The van der Waals surface area contributed by atoms with E-state index in [0.717, 1.165) is 45.2 Å². The van der Waals surface area contributed by atoms with E-state index in [-0.39, 0.29) is 24.3 Å². The fourth-order valence-electron chi connectivity index (χ4n) is 4.93. The molecule has 13 heteroatoms. The molecule has 2 aromatic carbocycles. The Kier molecular flexibility index (Phi) is 9.12. The number of carbonyl (C=O) groups is 3. The van der Waals surface area contributed by atoms with Crippen LogP contribution in [0.3, 0.4) is 0 Å². The third kappa shape index (κ3) is 7.20. The molecule has 1 aromatic heterocycles. The number of Topliss-reactive ketones (excluding diaryl/α,β-unsaturated/α-hetero) is 1. The highest BCUT2D eigenvalue weighted by Gasteiger charge is 2.21. The number of aromatic nitrogens is 3. The van der Waals surface area contributed by atoms with Gasteiger partial charge in [-0.1, -0.05) is 28.9 Å². The molecule has 5 rings (SSSR count). The standard InChI is InChI=1S/C28H31ClN6O6/c29-21-13-22(23(32-28(38)39)14-24(21)34-9-2-3-10-34)31-26(37)15-25(36)18-6-5-7-19(12-18)35-20(16-30-33-35)17-41-27-8-1-4-11-40-27/h5-7,12-14,16,27,32H,1-4,8-11,15,17H2,(H,31,37)(H,38,39). The van der Waals surface area contributed by atoms with Crippen molar-refractivity contribution in [2.24, 2.45) is 0 Å². The molecule has 3 N–H and O–H groups in total. The molecular formula is C28H31ClN6O6. The van der Waals surface area contributed by atoms with E-state index in [0.29, 0.717) is 34.3 Å². The molecule has 3 heterocycles. The number of anilines is 3. The predicted octanol–water partition coefficient (Wildman–Crippen LogP) is 4.87. The van der Waals surface area contributed by atoms with Gasteiger partial charge >= 0.3 is 6.09 Å². The first kappa shape index (κ1) is 28.5. The monoisotopic (exact) mass is 582 g/mol. The second-order valence-electron chi connectivity index (χ2n) is 9.92. The summed E-state index contributed by atoms with van der Waals surface area (Å²) in [6, 6.07) is 9.81. The number of ketones is 1. The van der Waals surface area contributed by atoms with E-state index in [1.165, 1.54) is 6.07 Å². The van der Waals surface area contributed by atoms with Gasteiger partial charge in [0.25, 0.3) is 0 Å². The number of amides is 2. The van der Waals surface area contributed by atoms with Crippen molar-refractivity contribution in [3.63, 3.8) is 0 Å². The van der Waals surface area contributed by atoms with E-state index in [4.69, 9.17) is 21.1 Å². The summed E-state index contributed by atoms with van der Waals surface area (Å²) in [6.07, 6.45) is 4.51. The number of nitrogens with one attached hydrogen (secondary N) is 2. The van der Waals surface area contributed by atoms with Crippen molar-refractivity contribution in [1.29, 1.82) is 0 Å². The van der Waals surface area contributed by atoms with E-state index >= 15 is 0 Å². The van der Waals surface area contributed by atoms with Gasteiger partial charge in [-0.15, -0.1) is 5.10 Å². The number of carbonyl (C=O) groups excluding carboxylic acids is 2. The Hall–Kier alpha value is -4.00. The highest BCUT2D eigenvalue weighted by molar-refractivity contribution is 6.34. The van der Waals surface area contributed by atoms with Crippen molar-refractivity contribution in [2.45, 2.75) is 51.4 Å². The topological polar surface area (TPSA) is 148 Å². The number of nitrogens with zero attached hydrogens (tertiary/aromatic N) is 4. The van der Waals surface area contributed by atoms with Gasteiger partial charge in [0.1, 0.15) is 0 Å². The maximum Gasteiger partial charge on any atom is 0.409 e. The van der Waals surface area contributed by atoms with Gasteiger partial charge in [-0.3, -0.25) is 14.9 Å². The van der Waals surface area contributed by atoms with Gasteiger partial charge in [0.2, 0.25) is 5.91 Å². The lowest BCUT2D eigenvalue weighted by atomic mass is 10.1. The number of benzene rings is 2. The fourth-order valence-corrected chi connectivity index (χ4v) is 5.21. The van der Waals surface area contributed by atoms with E-state index in [2.05, 4.69) is 25.8 Å². The van der Waals surface area contributed by atoms with Gasteiger partial charge in [0.05, 0.1) is 52.7 Å². The van der Waals surface area contributed by atoms with Crippen LogP contribution < -0.4 is 15.5 Å². The number of carboxylic acid groups (broad SMARTS) is 1. The summed E-state index contributed by atoms with van der Waals surface area (Å²) >= 11 is 6.48. The third-order valence-corrected chi connectivity index (χ3v) is 7.26. The minimum Gasteiger partial charge on any atom is -0.465 e. The molecule has 3 aromatic rings. The lowest BCUT2D eigenvalue weighted by Crippen LogP contribution is -2.22. The fraction of sp³-hybridized carbons (Fsp3) is 0.393. The Morgan fingerprint density at radius 1 is 1.07 bits per heavy atom. The third-order valence-electron chi connectivity index (χ3n) is 6.96. The van der Waals surface area contributed by atoms with Gasteiger partial charge in [0, 0.05) is 25.3 Å². The van der Waals surface area contributed by atoms with E-state index in [1.54, 1.807) is 41.2 Å². The van der Waals surface area contributed by atoms with Crippen LogP contribution in [0.15, 0.2) is 42.6 Å². The number of ether oxygens (including phenoxy) is 2. The van der Waals surface area contributed by atoms with Crippen molar-refractivity contribution in [2.75, 3.05) is 35.2 Å². The first-order chi connectivity index (χ1) is 19.9. The molecule has 2 aliphatic heterocycles. The van der Waals surface area contributed by atoms with Gasteiger partial charge in [0.15, 0.2) is 12.1 Å². The van der Waals surface area contributed by atoms with Crippen LogP contribution in [-0.2, 0) is 20.9 Å². The second-order valence-corrected chi connectivity index (χ2v) is 10.3. The molecule has 2 fully saturated rings. The quantitative estimate of drug-likeness (QED) is 0.225. The van der Waals surface area contributed by atoms with Crippen LogP contribution >= 0.6 is 11.6 Å². The van der Waals surface area contributed by atoms with Gasteiger partial charge in [-0.05, 0) is 56.4 Å². The van der Waals surface area contributed by atoms with E-state index < -0.39 is 24.2 Å². The van der Waals surface area contributed by atoms with Crippen LogP contribution in [0.25, 0.3) is 5.69 Å². The van der Waals surface area contributed by atoms with E-state index in [1.807, 2.05) is 0 Å². The first-order valence-corrected chi connectivity index (χ1v) is 13.9. The summed E-state index contributed by atoms with van der Waals surface area (Å²) < 4.78 is 13.1. The zero-order valence-corrected chi connectivity index (χ0v) is 23.1. The molecule has 0 spiro atoms. The molecule has 0 aliphatic carbocycles. The zero-order chi connectivity index (χ0) is 28.8. The molecule has 12 nitrogen and oxygen atoms in total. The highest BCUT2D eigenvalue weighted by atomic mass is 35.5.